The molecule has 0 heterocycles. The molecule has 0 aromatic heterocycles. The molecule has 0 amide bonds. The number of hydrogen-bond donors (Lipinski definition) is 0. The Bertz CT molecular complexity index is 491. The highest BCUT2D eigenvalue weighted by atomic mass is 35.7. The van der Waals surface area contributed by atoms with E-state index in [1.165, 1.54) is 18.2 Å². The third-order valence-electron chi connectivity index (χ3n) is 1.52. The molecule has 0 aliphatic carbocycles. The summed E-state index contributed by atoms with van der Waals surface area (Å²) in [6.45, 7) is 0. The second-order valence-corrected chi connectivity index (χ2v) is 5.81. The average molecular weight is 250 g/mol. The van der Waals surface area contributed by atoms with Crippen LogP contribution in [0.25, 0.3) is 0 Å². The second-order valence-electron chi connectivity index (χ2n) is 2.60. The fourth-order valence-electron chi connectivity index (χ4n) is 0.977. The predicted molar refractivity (Wildman–Crippen MR) is 54.6 cm³/mol. The van der Waals surface area contributed by atoms with Gasteiger partial charge in [-0.2, -0.15) is 5.26 Å². The van der Waals surface area contributed by atoms with Gasteiger partial charge >= 0.3 is 0 Å². The van der Waals surface area contributed by atoms with Gasteiger partial charge in [-0.3, -0.25) is 0 Å². The van der Waals surface area contributed by atoms with Crippen LogP contribution < -0.4 is 0 Å². The molecule has 0 bridgehead atoms. The standard InChI is InChI=1S/C8H5Cl2NO2S/c9-8-2-1-6(4-11)7(3-8)5-14(10,12)13/h1-3H,5H2. The van der Waals surface area contributed by atoms with Crippen LogP contribution in [0.3, 0.4) is 0 Å². The summed E-state index contributed by atoms with van der Waals surface area (Å²) in [6.07, 6.45) is 0. The van der Waals surface area contributed by atoms with Crippen molar-refractivity contribution in [2.45, 2.75) is 5.75 Å². The summed E-state index contributed by atoms with van der Waals surface area (Å²) in [5.74, 6) is -0.391. The SMILES string of the molecule is N#Cc1ccc(Cl)cc1CS(=O)(=O)Cl. The van der Waals surface area contributed by atoms with Gasteiger partial charge in [0.05, 0.1) is 17.4 Å². The van der Waals surface area contributed by atoms with Crippen LogP contribution in [0, 0.1) is 11.3 Å². The predicted octanol–water partition coefficient (Wildman–Crippen LogP) is 2.28. The van der Waals surface area contributed by atoms with Gasteiger partial charge in [-0.05, 0) is 23.8 Å². The zero-order chi connectivity index (χ0) is 10.8. The van der Waals surface area contributed by atoms with Crippen molar-refractivity contribution in [3.63, 3.8) is 0 Å². The molecule has 1 aromatic rings. The molecule has 1 aromatic carbocycles. The highest BCUT2D eigenvalue weighted by molar-refractivity contribution is 8.13. The summed E-state index contributed by atoms with van der Waals surface area (Å²) >= 11 is 5.66. The third-order valence-corrected chi connectivity index (χ3v) is 2.73. The number of benzene rings is 1. The molecular weight excluding hydrogens is 245 g/mol. The number of halogens is 2. The van der Waals surface area contributed by atoms with Crippen LogP contribution in [0.15, 0.2) is 18.2 Å². The summed E-state index contributed by atoms with van der Waals surface area (Å²) in [5, 5.41) is 9.05. The van der Waals surface area contributed by atoms with Gasteiger partial charge in [0.2, 0.25) is 9.05 Å². The second kappa shape index (κ2) is 4.18. The maximum Gasteiger partial charge on any atom is 0.236 e. The Balaban J connectivity index is 3.20. The molecule has 0 aliphatic rings. The minimum atomic E-state index is -3.66. The average Bonchev–Trinajstić information content (AvgIpc) is 2.01. The number of nitrogens with zero attached hydrogens (tertiary/aromatic N) is 1. The van der Waals surface area contributed by atoms with E-state index in [9.17, 15) is 8.42 Å². The van der Waals surface area contributed by atoms with E-state index in [0.717, 1.165) is 0 Å². The fourth-order valence-corrected chi connectivity index (χ4v) is 2.13. The van der Waals surface area contributed by atoms with E-state index in [4.69, 9.17) is 27.5 Å². The van der Waals surface area contributed by atoms with E-state index in [-0.39, 0.29) is 5.56 Å². The Morgan fingerprint density at radius 2 is 2.07 bits per heavy atom. The van der Waals surface area contributed by atoms with E-state index < -0.39 is 14.8 Å². The number of nitriles is 1. The van der Waals surface area contributed by atoms with Gasteiger partial charge in [0, 0.05) is 15.7 Å². The molecule has 0 fully saturated rings. The first-order chi connectivity index (χ1) is 6.42. The zero-order valence-electron chi connectivity index (χ0n) is 6.87. The molecule has 0 radical (unpaired) electrons. The summed E-state index contributed by atoms with van der Waals surface area (Å²) in [5.41, 5.74) is 0.577. The smallest absolute Gasteiger partial charge is 0.212 e. The van der Waals surface area contributed by atoms with E-state index >= 15 is 0 Å². The van der Waals surface area contributed by atoms with Crippen molar-refractivity contribution in [1.82, 2.24) is 0 Å². The van der Waals surface area contributed by atoms with E-state index in [0.29, 0.717) is 10.6 Å². The van der Waals surface area contributed by atoms with E-state index in [2.05, 4.69) is 0 Å². The summed E-state index contributed by atoms with van der Waals surface area (Å²) in [4.78, 5) is 0. The molecular formula is C8H5Cl2NO2S. The van der Waals surface area contributed by atoms with E-state index in [1.807, 2.05) is 6.07 Å². The molecule has 0 saturated carbocycles. The van der Waals surface area contributed by atoms with Crippen LogP contribution in [0.1, 0.15) is 11.1 Å². The Morgan fingerprint density at radius 3 is 2.57 bits per heavy atom. The summed E-state index contributed by atoms with van der Waals surface area (Å²) < 4.78 is 21.6. The highest BCUT2D eigenvalue weighted by Crippen LogP contribution is 2.19. The minimum absolute atomic E-state index is 0.263. The van der Waals surface area contributed by atoms with Crippen LogP contribution in [-0.2, 0) is 14.8 Å². The molecule has 74 valence electrons. The molecule has 0 atom stereocenters. The van der Waals surface area contributed by atoms with Crippen molar-refractivity contribution >= 4 is 31.3 Å². The lowest BCUT2D eigenvalue weighted by Gasteiger charge is -2.01. The van der Waals surface area contributed by atoms with Crippen molar-refractivity contribution in [1.29, 1.82) is 5.26 Å². The molecule has 0 N–H and O–H groups in total. The quantitative estimate of drug-likeness (QED) is 0.756. The topological polar surface area (TPSA) is 57.9 Å². The van der Waals surface area contributed by atoms with Crippen LogP contribution in [-0.4, -0.2) is 8.42 Å². The maximum absolute atomic E-state index is 10.8. The third kappa shape index (κ3) is 3.18. The maximum atomic E-state index is 10.8. The summed E-state index contributed by atoms with van der Waals surface area (Å²) in [7, 11) is 1.40. The molecule has 3 nitrogen and oxygen atoms in total. The molecule has 0 saturated heterocycles. The first-order valence-corrected chi connectivity index (χ1v) is 6.39. The Hall–Kier alpha value is -0.760. The lowest BCUT2D eigenvalue weighted by atomic mass is 10.1. The Labute approximate surface area is 91.3 Å². The van der Waals surface area contributed by atoms with Gasteiger partial charge in [0.15, 0.2) is 0 Å². The first kappa shape index (κ1) is 11.3. The van der Waals surface area contributed by atoms with Crippen molar-refractivity contribution in [3.8, 4) is 6.07 Å². The van der Waals surface area contributed by atoms with Gasteiger partial charge in [-0.15, -0.1) is 0 Å². The van der Waals surface area contributed by atoms with Gasteiger partial charge in [-0.25, -0.2) is 8.42 Å². The van der Waals surface area contributed by atoms with Crippen LogP contribution in [0.5, 0.6) is 0 Å². The van der Waals surface area contributed by atoms with Crippen molar-refractivity contribution in [2.75, 3.05) is 0 Å². The summed E-state index contributed by atoms with van der Waals surface area (Å²) in [6, 6.07) is 6.26. The highest BCUT2D eigenvalue weighted by Gasteiger charge is 2.11. The van der Waals surface area contributed by atoms with Crippen LogP contribution >= 0.6 is 22.3 Å². The lowest BCUT2D eigenvalue weighted by Crippen LogP contribution is -1.97. The minimum Gasteiger partial charge on any atom is -0.212 e. The van der Waals surface area contributed by atoms with Crippen molar-refractivity contribution < 1.29 is 8.42 Å². The van der Waals surface area contributed by atoms with Gasteiger partial charge in [0.25, 0.3) is 0 Å². The lowest BCUT2D eigenvalue weighted by molar-refractivity contribution is 0.609. The van der Waals surface area contributed by atoms with Crippen molar-refractivity contribution in [3.05, 3.63) is 34.3 Å². The van der Waals surface area contributed by atoms with Gasteiger partial charge < -0.3 is 0 Å². The Kier molecular flexibility index (Phi) is 3.38. The van der Waals surface area contributed by atoms with E-state index in [1.54, 1.807) is 0 Å². The molecule has 14 heavy (non-hydrogen) atoms. The van der Waals surface area contributed by atoms with Gasteiger partial charge in [0.1, 0.15) is 0 Å². The first-order valence-electron chi connectivity index (χ1n) is 3.53. The van der Waals surface area contributed by atoms with Gasteiger partial charge in [-0.1, -0.05) is 11.6 Å². The monoisotopic (exact) mass is 249 g/mol. The molecule has 0 aliphatic heterocycles. The Morgan fingerprint density at radius 1 is 1.43 bits per heavy atom. The number of hydrogen-bond acceptors (Lipinski definition) is 3. The van der Waals surface area contributed by atoms with Crippen LogP contribution in [0.4, 0.5) is 0 Å². The number of rotatable bonds is 2. The largest absolute Gasteiger partial charge is 0.236 e. The van der Waals surface area contributed by atoms with Crippen molar-refractivity contribution in [2.24, 2.45) is 0 Å². The fraction of sp³-hybridized carbons (Fsp3) is 0.125. The van der Waals surface area contributed by atoms with Crippen LogP contribution in [0.2, 0.25) is 5.02 Å². The molecule has 0 unspecified atom stereocenters. The molecule has 6 heteroatoms. The molecule has 0 spiro atoms. The normalized spacial score (nSPS) is 10.9. The zero-order valence-corrected chi connectivity index (χ0v) is 9.20. The molecule has 1 rings (SSSR count).